The number of benzene rings is 2. The van der Waals surface area contributed by atoms with Gasteiger partial charge in [0, 0.05) is 36.3 Å². The van der Waals surface area contributed by atoms with Gasteiger partial charge in [0.2, 0.25) is 0 Å². The molecule has 2 N–H and O–H groups in total. The molecule has 0 amide bonds. The minimum Gasteiger partial charge on any atom is -0.493 e. The van der Waals surface area contributed by atoms with Crippen LogP contribution in [0.4, 0.5) is 10.1 Å². The average molecular weight is 519 g/mol. The van der Waals surface area contributed by atoms with Crippen LogP contribution in [0.5, 0.6) is 5.75 Å². The van der Waals surface area contributed by atoms with Crippen LogP contribution in [0.2, 0.25) is 0 Å². The average Bonchev–Trinajstić information content (AvgIpc) is 2.90. The lowest BCUT2D eigenvalue weighted by Crippen LogP contribution is -2.44. The quantitative estimate of drug-likeness (QED) is 0.378. The normalized spacial score (nSPS) is 16.3. The fraction of sp³-hybridized carbons (Fsp3) is 0.419. The van der Waals surface area contributed by atoms with E-state index in [0.717, 1.165) is 59.8 Å². The number of aryl methyl sites for hydroxylation is 1. The summed E-state index contributed by atoms with van der Waals surface area (Å²) in [6, 6.07) is 14.2. The van der Waals surface area contributed by atoms with Gasteiger partial charge in [-0.2, -0.15) is 0 Å². The molecule has 1 saturated heterocycles. The number of ether oxygens (including phenoxy) is 1. The molecule has 1 saturated carbocycles. The molecular weight excluding hydrogens is 483 g/mol. The molecule has 38 heavy (non-hydrogen) atoms. The van der Waals surface area contributed by atoms with Crippen LogP contribution in [0.3, 0.4) is 0 Å². The zero-order valence-corrected chi connectivity index (χ0v) is 21.9. The number of carboxylic acid groups (broad SMARTS) is 1. The standard InChI is InChI=1S/C31H35FN2O4/c1-21-29(23-5-9-25(10-6-23)38-18-11-22-3-7-24(32)8-4-22)30(26(19-28(36)37)27(20-35)33-21)34-16-14-31(15-17-34)12-2-13-31/h3-10,35H,2,11-20H2,1H3,(H,36,37). The number of pyridine rings is 1. The van der Waals surface area contributed by atoms with E-state index in [1.165, 1.54) is 31.4 Å². The Morgan fingerprint density at radius 1 is 1.05 bits per heavy atom. The van der Waals surface area contributed by atoms with Gasteiger partial charge >= 0.3 is 5.97 Å². The molecule has 1 aliphatic heterocycles. The maximum absolute atomic E-state index is 13.1. The molecule has 5 rings (SSSR count). The number of piperidine rings is 1. The molecule has 1 aromatic heterocycles. The topological polar surface area (TPSA) is 82.9 Å². The van der Waals surface area contributed by atoms with Crippen LogP contribution in [-0.2, 0) is 24.2 Å². The number of aliphatic hydroxyl groups is 1. The van der Waals surface area contributed by atoms with Crippen LogP contribution in [-0.4, -0.2) is 40.9 Å². The van der Waals surface area contributed by atoms with E-state index in [9.17, 15) is 19.4 Å². The summed E-state index contributed by atoms with van der Waals surface area (Å²) < 4.78 is 19.1. The highest BCUT2D eigenvalue weighted by molar-refractivity contribution is 5.86. The molecule has 2 aliphatic rings. The molecule has 1 spiro atoms. The minimum atomic E-state index is -0.935. The van der Waals surface area contributed by atoms with Gasteiger partial charge in [-0.3, -0.25) is 9.78 Å². The first-order chi connectivity index (χ1) is 18.4. The Balaban J connectivity index is 1.42. The SMILES string of the molecule is Cc1nc(CO)c(CC(=O)O)c(N2CCC3(CCC3)CC2)c1-c1ccc(OCCc2ccc(F)cc2)cc1. The van der Waals surface area contributed by atoms with Gasteiger partial charge < -0.3 is 19.8 Å². The predicted molar refractivity (Wildman–Crippen MR) is 145 cm³/mol. The van der Waals surface area contributed by atoms with Gasteiger partial charge in [0.25, 0.3) is 0 Å². The smallest absolute Gasteiger partial charge is 0.307 e. The van der Waals surface area contributed by atoms with E-state index < -0.39 is 5.97 Å². The summed E-state index contributed by atoms with van der Waals surface area (Å²) in [5.74, 6) is -0.458. The van der Waals surface area contributed by atoms with E-state index in [1.807, 2.05) is 31.2 Å². The van der Waals surface area contributed by atoms with Gasteiger partial charge in [-0.05, 0) is 73.4 Å². The van der Waals surface area contributed by atoms with Crippen molar-refractivity contribution >= 4 is 11.7 Å². The molecule has 7 heteroatoms. The predicted octanol–water partition coefficient (Wildman–Crippen LogP) is 5.71. The van der Waals surface area contributed by atoms with Crippen LogP contribution in [0.25, 0.3) is 11.1 Å². The molecule has 0 bridgehead atoms. The lowest BCUT2D eigenvalue weighted by Gasteiger charge is -2.49. The molecule has 2 heterocycles. The number of carboxylic acids is 1. The van der Waals surface area contributed by atoms with Crippen molar-refractivity contribution in [2.45, 2.75) is 58.5 Å². The van der Waals surface area contributed by atoms with Crippen molar-refractivity contribution < 1.29 is 24.1 Å². The summed E-state index contributed by atoms with van der Waals surface area (Å²) in [7, 11) is 0. The summed E-state index contributed by atoms with van der Waals surface area (Å²) in [6.45, 7) is 3.85. The molecule has 2 aromatic carbocycles. The second-order valence-corrected chi connectivity index (χ2v) is 10.7. The number of hydrogen-bond donors (Lipinski definition) is 2. The van der Waals surface area contributed by atoms with Gasteiger partial charge in [0.1, 0.15) is 11.6 Å². The van der Waals surface area contributed by atoms with Crippen LogP contribution in [0.1, 0.15) is 54.6 Å². The lowest BCUT2D eigenvalue weighted by molar-refractivity contribution is -0.136. The molecule has 6 nitrogen and oxygen atoms in total. The molecule has 1 aliphatic carbocycles. The van der Waals surface area contributed by atoms with Gasteiger partial charge in [-0.1, -0.05) is 30.7 Å². The molecule has 200 valence electrons. The molecule has 0 radical (unpaired) electrons. The van der Waals surface area contributed by atoms with E-state index in [2.05, 4.69) is 9.88 Å². The largest absolute Gasteiger partial charge is 0.493 e. The summed E-state index contributed by atoms with van der Waals surface area (Å²) >= 11 is 0. The zero-order chi connectivity index (χ0) is 26.7. The summed E-state index contributed by atoms with van der Waals surface area (Å²) in [4.78, 5) is 18.8. The van der Waals surface area contributed by atoms with Crippen molar-refractivity contribution in [3.8, 4) is 16.9 Å². The van der Waals surface area contributed by atoms with Crippen LogP contribution >= 0.6 is 0 Å². The first-order valence-electron chi connectivity index (χ1n) is 13.5. The second-order valence-electron chi connectivity index (χ2n) is 10.7. The number of rotatable bonds is 9. The van der Waals surface area contributed by atoms with Gasteiger partial charge in [-0.15, -0.1) is 0 Å². The molecule has 0 atom stereocenters. The van der Waals surface area contributed by atoms with E-state index in [4.69, 9.17) is 4.74 Å². The number of aliphatic hydroxyl groups excluding tert-OH is 1. The number of halogens is 1. The highest BCUT2D eigenvalue weighted by Gasteiger charge is 2.40. The van der Waals surface area contributed by atoms with Crippen LogP contribution < -0.4 is 9.64 Å². The Morgan fingerprint density at radius 3 is 2.32 bits per heavy atom. The number of aromatic nitrogens is 1. The molecule has 3 aromatic rings. The molecular formula is C31H35FN2O4. The van der Waals surface area contributed by atoms with Crippen LogP contribution in [0.15, 0.2) is 48.5 Å². The van der Waals surface area contributed by atoms with Gasteiger partial charge in [0.05, 0.1) is 31.0 Å². The highest BCUT2D eigenvalue weighted by Crippen LogP contribution is 2.50. The maximum atomic E-state index is 13.1. The number of aliphatic carboxylic acids is 1. The fourth-order valence-corrected chi connectivity index (χ4v) is 5.98. The molecule has 0 unspecified atom stereocenters. The monoisotopic (exact) mass is 518 g/mol. The number of hydrogen-bond acceptors (Lipinski definition) is 5. The fourth-order valence-electron chi connectivity index (χ4n) is 5.98. The third-order valence-electron chi connectivity index (χ3n) is 8.28. The summed E-state index contributed by atoms with van der Waals surface area (Å²) in [6.07, 6.45) is 6.58. The molecule has 2 fully saturated rings. The lowest BCUT2D eigenvalue weighted by atomic mass is 9.63. The van der Waals surface area contributed by atoms with Crippen molar-refractivity contribution in [1.82, 2.24) is 4.98 Å². The number of anilines is 1. The Kier molecular flexibility index (Phi) is 7.65. The Labute approximate surface area is 223 Å². The summed E-state index contributed by atoms with van der Waals surface area (Å²) in [5.41, 5.74) is 6.03. The van der Waals surface area contributed by atoms with E-state index >= 15 is 0 Å². The van der Waals surface area contributed by atoms with Crippen LogP contribution in [0, 0.1) is 18.2 Å². The Hall–Kier alpha value is -3.45. The van der Waals surface area contributed by atoms with Crippen molar-refractivity contribution in [3.63, 3.8) is 0 Å². The van der Waals surface area contributed by atoms with E-state index in [0.29, 0.717) is 29.7 Å². The highest BCUT2D eigenvalue weighted by atomic mass is 19.1. The number of nitrogens with zero attached hydrogens (tertiary/aromatic N) is 2. The van der Waals surface area contributed by atoms with Crippen molar-refractivity contribution in [1.29, 1.82) is 0 Å². The van der Waals surface area contributed by atoms with Crippen molar-refractivity contribution in [2.75, 3.05) is 24.6 Å². The second kappa shape index (κ2) is 11.1. The third-order valence-corrected chi connectivity index (χ3v) is 8.28. The zero-order valence-electron chi connectivity index (χ0n) is 21.9. The van der Waals surface area contributed by atoms with Crippen molar-refractivity contribution in [2.24, 2.45) is 5.41 Å². The Morgan fingerprint density at radius 2 is 1.74 bits per heavy atom. The third kappa shape index (κ3) is 5.53. The van der Waals surface area contributed by atoms with Crippen molar-refractivity contribution in [3.05, 3.63) is 76.9 Å². The van der Waals surface area contributed by atoms with Gasteiger partial charge in [0.15, 0.2) is 0 Å². The minimum absolute atomic E-state index is 0.183. The van der Waals surface area contributed by atoms with E-state index in [-0.39, 0.29) is 18.8 Å². The first-order valence-corrected chi connectivity index (χ1v) is 13.5. The number of carbonyl (C=O) groups is 1. The maximum Gasteiger partial charge on any atom is 0.307 e. The van der Waals surface area contributed by atoms with E-state index in [1.54, 1.807) is 12.1 Å². The Bertz CT molecular complexity index is 1280. The summed E-state index contributed by atoms with van der Waals surface area (Å²) in [5, 5.41) is 19.8. The van der Waals surface area contributed by atoms with Gasteiger partial charge in [-0.25, -0.2) is 4.39 Å². The first kappa shape index (κ1) is 26.2.